The highest BCUT2D eigenvalue weighted by Crippen LogP contribution is 2.22. The first-order valence-electron chi connectivity index (χ1n) is 11.0. The summed E-state index contributed by atoms with van der Waals surface area (Å²) >= 11 is 0. The van der Waals surface area contributed by atoms with Gasteiger partial charge in [0.2, 0.25) is 0 Å². The van der Waals surface area contributed by atoms with Crippen molar-refractivity contribution < 1.29 is 4.79 Å². The van der Waals surface area contributed by atoms with Gasteiger partial charge < -0.3 is 11.1 Å². The van der Waals surface area contributed by atoms with Crippen molar-refractivity contribution in [2.75, 3.05) is 12.3 Å². The zero-order valence-corrected chi connectivity index (χ0v) is 18.7. The molecular weight excluding hydrogens is 402 g/mol. The van der Waals surface area contributed by atoms with E-state index in [0.717, 1.165) is 47.4 Å². The van der Waals surface area contributed by atoms with E-state index in [2.05, 4.69) is 34.3 Å². The molecule has 4 rings (SSSR count). The number of hydrogen-bond acceptors (Lipinski definition) is 5. The van der Waals surface area contributed by atoms with Crippen LogP contribution in [0, 0.1) is 6.92 Å². The van der Waals surface area contributed by atoms with E-state index < -0.39 is 0 Å². The number of fused-ring (bicyclic) bond motifs is 1. The molecule has 32 heavy (non-hydrogen) atoms. The van der Waals surface area contributed by atoms with E-state index in [1.807, 2.05) is 54.1 Å². The zero-order chi connectivity index (χ0) is 22.7. The van der Waals surface area contributed by atoms with Crippen LogP contribution in [0.4, 0.5) is 5.82 Å². The highest BCUT2D eigenvalue weighted by Gasteiger charge is 2.17. The fraction of sp³-hybridized carbons (Fsp3) is 0.333. The third-order valence-corrected chi connectivity index (χ3v) is 5.63. The third kappa shape index (κ3) is 4.34. The number of nitrogens with zero attached hydrogens (tertiary/aromatic N) is 5. The van der Waals surface area contributed by atoms with Crippen LogP contribution in [0.2, 0.25) is 0 Å². The van der Waals surface area contributed by atoms with Crippen molar-refractivity contribution in [1.82, 2.24) is 29.9 Å². The van der Waals surface area contributed by atoms with Crippen molar-refractivity contribution in [3.05, 3.63) is 65.6 Å². The van der Waals surface area contributed by atoms with Crippen LogP contribution in [0.5, 0.6) is 0 Å². The maximum absolute atomic E-state index is 12.9. The van der Waals surface area contributed by atoms with Crippen LogP contribution in [0.25, 0.3) is 16.7 Å². The predicted molar refractivity (Wildman–Crippen MR) is 126 cm³/mol. The molecule has 3 heterocycles. The summed E-state index contributed by atoms with van der Waals surface area (Å²) in [4.78, 5) is 17.5. The number of nitrogens with two attached hydrogens (primary N) is 1. The van der Waals surface area contributed by atoms with E-state index in [4.69, 9.17) is 5.73 Å². The van der Waals surface area contributed by atoms with E-state index in [-0.39, 0.29) is 11.9 Å². The minimum Gasteiger partial charge on any atom is -0.384 e. The van der Waals surface area contributed by atoms with Gasteiger partial charge in [0.05, 0.1) is 34.6 Å². The first-order chi connectivity index (χ1) is 15.5. The van der Waals surface area contributed by atoms with Crippen molar-refractivity contribution in [1.29, 1.82) is 0 Å². The maximum atomic E-state index is 12.9. The summed E-state index contributed by atoms with van der Waals surface area (Å²) in [6.45, 7) is 6.65. The minimum absolute atomic E-state index is 0.112. The molecule has 1 aromatic carbocycles. The standard InChI is InChI=1S/C24H29N7O/c1-4-17(3)30-23-21(15-27-30)20(13-16(2)28-23)24(32)26-12-8-9-18-14-22(25)31(29-18)19-10-6-5-7-11-19/h5-7,10-11,13-15,17H,4,8-9,12,25H2,1-3H3,(H,26,32). The lowest BCUT2D eigenvalue weighted by atomic mass is 10.1. The molecule has 0 spiro atoms. The van der Waals surface area contributed by atoms with Crippen LogP contribution in [-0.4, -0.2) is 37.0 Å². The Kier molecular flexibility index (Phi) is 6.20. The number of anilines is 1. The second-order valence-corrected chi connectivity index (χ2v) is 8.06. The lowest BCUT2D eigenvalue weighted by Crippen LogP contribution is -2.25. The molecular formula is C24H29N7O. The van der Waals surface area contributed by atoms with Gasteiger partial charge in [0, 0.05) is 18.3 Å². The molecule has 0 bridgehead atoms. The minimum atomic E-state index is -0.112. The Morgan fingerprint density at radius 3 is 2.75 bits per heavy atom. The van der Waals surface area contributed by atoms with Gasteiger partial charge in [-0.25, -0.2) is 14.3 Å². The summed E-state index contributed by atoms with van der Waals surface area (Å²) in [5.41, 5.74) is 10.1. The normalized spacial score (nSPS) is 12.2. The van der Waals surface area contributed by atoms with Gasteiger partial charge in [0.1, 0.15) is 5.82 Å². The summed E-state index contributed by atoms with van der Waals surface area (Å²) in [5.74, 6) is 0.488. The lowest BCUT2D eigenvalue weighted by Gasteiger charge is -2.11. The average Bonchev–Trinajstić information content (AvgIpc) is 3.39. The van der Waals surface area contributed by atoms with E-state index >= 15 is 0 Å². The Morgan fingerprint density at radius 2 is 2.00 bits per heavy atom. The number of rotatable bonds is 8. The number of pyridine rings is 1. The number of nitrogens with one attached hydrogen (secondary N) is 1. The van der Waals surface area contributed by atoms with Gasteiger partial charge in [0.25, 0.3) is 5.91 Å². The monoisotopic (exact) mass is 431 g/mol. The first kappa shape index (κ1) is 21.5. The van der Waals surface area contributed by atoms with Gasteiger partial charge >= 0.3 is 0 Å². The average molecular weight is 432 g/mol. The van der Waals surface area contributed by atoms with Gasteiger partial charge in [-0.3, -0.25) is 4.79 Å². The molecule has 0 aliphatic rings. The molecule has 0 radical (unpaired) electrons. The molecule has 1 atom stereocenters. The highest BCUT2D eigenvalue weighted by molar-refractivity contribution is 6.05. The first-order valence-corrected chi connectivity index (χ1v) is 11.0. The van der Waals surface area contributed by atoms with Crippen LogP contribution in [0.1, 0.15) is 54.5 Å². The largest absolute Gasteiger partial charge is 0.384 e. The molecule has 8 nitrogen and oxygen atoms in total. The Labute approximate surface area is 187 Å². The Bertz CT molecular complexity index is 1230. The van der Waals surface area contributed by atoms with Gasteiger partial charge in [-0.05, 0) is 51.3 Å². The van der Waals surface area contributed by atoms with Crippen LogP contribution in [0.15, 0.2) is 48.7 Å². The van der Waals surface area contributed by atoms with E-state index in [9.17, 15) is 4.79 Å². The quantitative estimate of drug-likeness (QED) is 0.413. The molecule has 3 aromatic heterocycles. The van der Waals surface area contributed by atoms with Crippen molar-refractivity contribution in [2.24, 2.45) is 0 Å². The molecule has 0 aliphatic heterocycles. The van der Waals surface area contributed by atoms with Crippen molar-refractivity contribution in [3.8, 4) is 5.69 Å². The Balaban J connectivity index is 1.40. The van der Waals surface area contributed by atoms with Gasteiger partial charge in [-0.1, -0.05) is 25.1 Å². The molecule has 0 saturated carbocycles. The molecule has 4 aromatic rings. The van der Waals surface area contributed by atoms with Crippen molar-refractivity contribution in [3.63, 3.8) is 0 Å². The Hall–Kier alpha value is -3.68. The van der Waals surface area contributed by atoms with Crippen LogP contribution < -0.4 is 11.1 Å². The number of carbonyl (C=O) groups is 1. The molecule has 0 aliphatic carbocycles. The number of amides is 1. The summed E-state index contributed by atoms with van der Waals surface area (Å²) in [5, 5.41) is 12.9. The van der Waals surface area contributed by atoms with Crippen LogP contribution in [-0.2, 0) is 6.42 Å². The summed E-state index contributed by atoms with van der Waals surface area (Å²) in [6, 6.07) is 13.7. The second kappa shape index (κ2) is 9.21. The molecule has 0 fully saturated rings. The zero-order valence-electron chi connectivity index (χ0n) is 18.7. The summed E-state index contributed by atoms with van der Waals surface area (Å²) < 4.78 is 3.63. The van der Waals surface area contributed by atoms with Gasteiger partial charge in [-0.15, -0.1) is 0 Å². The van der Waals surface area contributed by atoms with E-state index in [1.54, 1.807) is 10.9 Å². The fourth-order valence-corrected chi connectivity index (χ4v) is 3.74. The van der Waals surface area contributed by atoms with Gasteiger partial charge in [-0.2, -0.15) is 10.2 Å². The molecule has 8 heteroatoms. The third-order valence-electron chi connectivity index (χ3n) is 5.63. The summed E-state index contributed by atoms with van der Waals surface area (Å²) in [6.07, 6.45) is 4.16. The van der Waals surface area contributed by atoms with Crippen LogP contribution >= 0.6 is 0 Å². The predicted octanol–water partition coefficient (Wildman–Crippen LogP) is 3.84. The number of aromatic nitrogens is 5. The molecule has 0 saturated heterocycles. The topological polar surface area (TPSA) is 104 Å². The fourth-order valence-electron chi connectivity index (χ4n) is 3.74. The lowest BCUT2D eigenvalue weighted by molar-refractivity contribution is 0.0954. The number of carbonyl (C=O) groups excluding carboxylic acids is 1. The molecule has 3 N–H and O–H groups in total. The summed E-state index contributed by atoms with van der Waals surface area (Å²) in [7, 11) is 0. The van der Waals surface area contributed by atoms with Gasteiger partial charge in [0.15, 0.2) is 5.65 Å². The molecule has 1 unspecified atom stereocenters. The highest BCUT2D eigenvalue weighted by atomic mass is 16.1. The van der Waals surface area contributed by atoms with Crippen molar-refractivity contribution >= 4 is 22.8 Å². The number of benzene rings is 1. The van der Waals surface area contributed by atoms with Crippen LogP contribution in [0.3, 0.4) is 0 Å². The number of hydrogen-bond donors (Lipinski definition) is 2. The maximum Gasteiger partial charge on any atom is 0.252 e. The molecule has 1 amide bonds. The number of nitrogen functional groups attached to an aromatic ring is 1. The number of para-hydroxylation sites is 1. The van der Waals surface area contributed by atoms with E-state index in [0.29, 0.717) is 17.9 Å². The SMILES string of the molecule is CCC(C)n1ncc2c(C(=O)NCCCc3cc(N)n(-c4ccccc4)n3)cc(C)nc21. The Morgan fingerprint density at radius 1 is 1.22 bits per heavy atom. The van der Waals surface area contributed by atoms with Crippen molar-refractivity contribution in [2.45, 2.75) is 46.1 Å². The smallest absolute Gasteiger partial charge is 0.252 e. The molecule has 166 valence electrons. The second-order valence-electron chi connectivity index (χ2n) is 8.06. The number of aryl methyl sites for hydroxylation is 2. The van der Waals surface area contributed by atoms with E-state index in [1.165, 1.54) is 0 Å².